The van der Waals surface area contributed by atoms with E-state index in [0.29, 0.717) is 4.47 Å². The van der Waals surface area contributed by atoms with Crippen molar-refractivity contribution in [2.45, 2.75) is 12.8 Å². The Bertz CT molecular complexity index is 390. The Labute approximate surface area is 92.6 Å². The zero-order valence-corrected chi connectivity index (χ0v) is 9.11. The molecule has 74 valence electrons. The smallest absolute Gasteiger partial charge is 0.253 e. The van der Waals surface area contributed by atoms with Gasteiger partial charge in [0.25, 0.3) is 6.43 Å². The lowest BCUT2D eigenvalue weighted by Crippen LogP contribution is -1.99. The number of hydrogen-bond acceptors (Lipinski definition) is 2. The minimum Gasteiger partial charge on any atom is -0.253 e. The van der Waals surface area contributed by atoms with Gasteiger partial charge < -0.3 is 0 Å². The van der Waals surface area contributed by atoms with Gasteiger partial charge in [-0.05, 0) is 15.9 Å². The van der Waals surface area contributed by atoms with Crippen LogP contribution in [0.5, 0.6) is 0 Å². The molecular weight excluding hydrogens is 277 g/mol. The fourth-order valence-corrected chi connectivity index (χ4v) is 1.56. The molecule has 0 N–H and O–H groups in total. The van der Waals surface area contributed by atoms with E-state index in [1.54, 1.807) is 6.07 Å². The standard InChI is InChI=1S/C8H4BrClF2N2/c9-6-4(1-2-13)7(8(11)12)14-3-5(6)10/h3,8H,1H2. The summed E-state index contributed by atoms with van der Waals surface area (Å²) in [6.45, 7) is 0. The lowest BCUT2D eigenvalue weighted by molar-refractivity contribution is 0.145. The predicted octanol–water partition coefficient (Wildman–Crippen LogP) is 3.50. The SMILES string of the molecule is N#CCc1c(C(F)F)ncc(Cl)c1Br. The van der Waals surface area contributed by atoms with Gasteiger partial charge in [0.2, 0.25) is 0 Å². The lowest BCUT2D eigenvalue weighted by atomic mass is 10.1. The summed E-state index contributed by atoms with van der Waals surface area (Å²) in [5.41, 5.74) is -0.252. The number of nitrogens with zero attached hydrogens (tertiary/aromatic N) is 2. The van der Waals surface area contributed by atoms with Crippen molar-refractivity contribution in [3.8, 4) is 6.07 Å². The molecule has 14 heavy (non-hydrogen) atoms. The fraction of sp³-hybridized carbons (Fsp3) is 0.250. The van der Waals surface area contributed by atoms with Gasteiger partial charge in [-0.3, -0.25) is 4.98 Å². The summed E-state index contributed by atoms with van der Waals surface area (Å²) >= 11 is 8.71. The number of aromatic nitrogens is 1. The van der Waals surface area contributed by atoms with E-state index in [1.165, 1.54) is 0 Å². The summed E-state index contributed by atoms with van der Waals surface area (Å²) in [6, 6.07) is 1.79. The van der Waals surface area contributed by atoms with Crippen LogP contribution in [0, 0.1) is 11.3 Å². The molecule has 1 rings (SSSR count). The average molecular weight is 281 g/mol. The Kier molecular flexibility index (Phi) is 3.78. The number of pyridine rings is 1. The Hall–Kier alpha value is -0.730. The normalized spacial score (nSPS) is 10.3. The van der Waals surface area contributed by atoms with Crippen LogP contribution < -0.4 is 0 Å². The van der Waals surface area contributed by atoms with E-state index in [0.717, 1.165) is 6.20 Å². The molecule has 1 heterocycles. The average Bonchev–Trinajstić information content (AvgIpc) is 2.13. The second-order valence-corrected chi connectivity index (χ2v) is 3.62. The van der Waals surface area contributed by atoms with Crippen molar-refractivity contribution < 1.29 is 8.78 Å². The summed E-state index contributed by atoms with van der Waals surface area (Å²) in [6.07, 6.45) is -1.71. The van der Waals surface area contributed by atoms with Crippen LogP contribution in [0.15, 0.2) is 10.7 Å². The Morgan fingerprint density at radius 3 is 2.79 bits per heavy atom. The summed E-state index contributed by atoms with van der Waals surface area (Å²) in [5.74, 6) is 0. The Morgan fingerprint density at radius 1 is 1.64 bits per heavy atom. The van der Waals surface area contributed by atoms with Crippen LogP contribution in [0.4, 0.5) is 8.78 Å². The topological polar surface area (TPSA) is 36.7 Å². The molecule has 0 aromatic carbocycles. The van der Waals surface area contributed by atoms with Crippen molar-refractivity contribution >= 4 is 27.5 Å². The van der Waals surface area contributed by atoms with E-state index in [4.69, 9.17) is 16.9 Å². The second-order valence-electron chi connectivity index (χ2n) is 2.42. The van der Waals surface area contributed by atoms with E-state index in [2.05, 4.69) is 20.9 Å². The largest absolute Gasteiger partial charge is 0.280 e. The molecule has 0 aliphatic carbocycles. The third-order valence-electron chi connectivity index (χ3n) is 1.56. The van der Waals surface area contributed by atoms with Gasteiger partial charge in [0.15, 0.2) is 0 Å². The second kappa shape index (κ2) is 4.67. The van der Waals surface area contributed by atoms with E-state index in [-0.39, 0.29) is 17.0 Å². The molecule has 2 nitrogen and oxygen atoms in total. The molecule has 1 aromatic rings. The summed E-state index contributed by atoms with van der Waals surface area (Å²) in [7, 11) is 0. The maximum atomic E-state index is 12.4. The maximum Gasteiger partial charge on any atom is 0.280 e. The molecule has 0 saturated carbocycles. The Morgan fingerprint density at radius 2 is 2.29 bits per heavy atom. The lowest BCUT2D eigenvalue weighted by Gasteiger charge is -2.07. The highest BCUT2D eigenvalue weighted by atomic mass is 79.9. The van der Waals surface area contributed by atoms with Crippen molar-refractivity contribution in [2.24, 2.45) is 0 Å². The van der Waals surface area contributed by atoms with Crippen molar-refractivity contribution in [3.63, 3.8) is 0 Å². The molecule has 0 atom stereocenters. The first-order valence-electron chi connectivity index (χ1n) is 3.55. The monoisotopic (exact) mass is 280 g/mol. The third kappa shape index (κ3) is 2.20. The minimum atomic E-state index is -2.70. The van der Waals surface area contributed by atoms with Crippen LogP contribution in [0.25, 0.3) is 0 Å². The van der Waals surface area contributed by atoms with Gasteiger partial charge in [-0.2, -0.15) is 5.26 Å². The molecular formula is C8H4BrClF2N2. The quantitative estimate of drug-likeness (QED) is 0.832. The molecule has 0 aliphatic heterocycles. The highest BCUT2D eigenvalue weighted by Crippen LogP contribution is 2.32. The number of rotatable bonds is 2. The fourth-order valence-electron chi connectivity index (χ4n) is 0.953. The Balaban J connectivity index is 3.31. The number of halogens is 4. The van der Waals surface area contributed by atoms with Gasteiger partial charge in [0.05, 0.1) is 17.5 Å². The molecule has 0 bridgehead atoms. The first-order valence-corrected chi connectivity index (χ1v) is 4.73. The molecule has 0 spiro atoms. The van der Waals surface area contributed by atoms with Crippen LogP contribution in [0.3, 0.4) is 0 Å². The summed E-state index contributed by atoms with van der Waals surface area (Å²) in [4.78, 5) is 3.49. The van der Waals surface area contributed by atoms with Crippen LogP contribution in [-0.4, -0.2) is 4.98 Å². The van der Waals surface area contributed by atoms with Gasteiger partial charge in [0.1, 0.15) is 5.69 Å². The molecule has 0 saturated heterocycles. The minimum absolute atomic E-state index is 0.145. The van der Waals surface area contributed by atoms with Crippen LogP contribution >= 0.6 is 27.5 Å². The van der Waals surface area contributed by atoms with E-state index in [1.807, 2.05) is 0 Å². The van der Waals surface area contributed by atoms with Crippen molar-refractivity contribution in [1.82, 2.24) is 4.98 Å². The number of alkyl halides is 2. The zero-order chi connectivity index (χ0) is 10.7. The summed E-state index contributed by atoms with van der Waals surface area (Å²) in [5, 5.41) is 8.68. The highest BCUT2D eigenvalue weighted by Gasteiger charge is 2.18. The molecule has 0 amide bonds. The molecule has 0 fully saturated rings. The molecule has 0 aliphatic rings. The van der Waals surface area contributed by atoms with Gasteiger partial charge in [0, 0.05) is 16.2 Å². The third-order valence-corrected chi connectivity index (χ3v) is 2.98. The zero-order valence-electron chi connectivity index (χ0n) is 6.77. The van der Waals surface area contributed by atoms with Crippen LogP contribution in [-0.2, 0) is 6.42 Å². The van der Waals surface area contributed by atoms with Gasteiger partial charge in [-0.25, -0.2) is 8.78 Å². The molecule has 1 aromatic heterocycles. The van der Waals surface area contributed by atoms with Crippen LogP contribution in [0.2, 0.25) is 5.02 Å². The van der Waals surface area contributed by atoms with Crippen molar-refractivity contribution in [2.75, 3.05) is 0 Å². The van der Waals surface area contributed by atoms with E-state index in [9.17, 15) is 8.78 Å². The first kappa shape index (κ1) is 11.3. The van der Waals surface area contributed by atoms with E-state index >= 15 is 0 Å². The number of nitriles is 1. The van der Waals surface area contributed by atoms with E-state index < -0.39 is 12.1 Å². The van der Waals surface area contributed by atoms with Crippen molar-refractivity contribution in [1.29, 1.82) is 5.26 Å². The molecule has 0 radical (unpaired) electrons. The van der Waals surface area contributed by atoms with Gasteiger partial charge in [-0.1, -0.05) is 11.6 Å². The predicted molar refractivity (Wildman–Crippen MR) is 51.2 cm³/mol. The maximum absolute atomic E-state index is 12.4. The summed E-state index contributed by atoms with van der Waals surface area (Å²) < 4.78 is 25.2. The first-order chi connectivity index (χ1) is 6.57. The number of hydrogen-bond donors (Lipinski definition) is 0. The van der Waals surface area contributed by atoms with Gasteiger partial charge in [-0.15, -0.1) is 0 Å². The highest BCUT2D eigenvalue weighted by molar-refractivity contribution is 9.10. The van der Waals surface area contributed by atoms with Gasteiger partial charge >= 0.3 is 0 Å². The molecule has 6 heteroatoms. The van der Waals surface area contributed by atoms with Crippen molar-refractivity contribution in [3.05, 3.63) is 26.9 Å². The molecule has 0 unspecified atom stereocenters. The van der Waals surface area contributed by atoms with Crippen LogP contribution in [0.1, 0.15) is 17.7 Å².